The Balaban J connectivity index is 2.92. The van der Waals surface area contributed by atoms with Crippen LogP contribution in [0.25, 0.3) is 0 Å². The Morgan fingerprint density at radius 1 is 0.900 bits per heavy atom. The number of hydrogen-bond donors (Lipinski definition) is 4. The van der Waals surface area contributed by atoms with Crippen molar-refractivity contribution in [1.82, 2.24) is 21.3 Å². The van der Waals surface area contributed by atoms with Crippen LogP contribution in [0.2, 0.25) is 0 Å². The molecule has 4 amide bonds. The highest BCUT2D eigenvalue weighted by Gasteiger charge is 2.34. The standard InChI is InChI=1S/C37H64N4O8S/c1-12-16-25(4)31(29(42)22-30(43)38-19-20-50(47,48)37(9,10)11)40-33(44)26(5)21-28(24(2)3)23-39-34(45)32(27-17-14-13-15-18-27)41-35(46)49-36(6,7)8/h12,24,26-28,31-32H,1,4,13-23H2,2-3,5-11H3,(H,38,43)(H,39,45)(H,40,44)(H,41,46)/t26-,28+,31?,32-/m0/s1. The molecule has 1 saturated carbocycles. The van der Waals surface area contributed by atoms with Gasteiger partial charge in [-0.2, -0.15) is 0 Å². The Hall–Kier alpha value is -3.22. The Bertz CT molecular complexity index is 1310. The lowest BCUT2D eigenvalue weighted by Gasteiger charge is -2.32. The van der Waals surface area contributed by atoms with Crippen LogP contribution >= 0.6 is 0 Å². The van der Waals surface area contributed by atoms with Crippen LogP contribution in [-0.4, -0.2) is 79.3 Å². The molecule has 0 spiro atoms. The zero-order chi connectivity index (χ0) is 38.4. The van der Waals surface area contributed by atoms with Crippen molar-refractivity contribution >= 4 is 39.4 Å². The van der Waals surface area contributed by atoms with E-state index < -0.39 is 68.3 Å². The molecule has 0 heterocycles. The van der Waals surface area contributed by atoms with Gasteiger partial charge in [-0.25, -0.2) is 13.2 Å². The molecule has 0 aliphatic heterocycles. The van der Waals surface area contributed by atoms with Crippen LogP contribution in [-0.2, 0) is 33.8 Å². The summed E-state index contributed by atoms with van der Waals surface area (Å²) in [5, 5.41) is 11.1. The average Bonchev–Trinajstić information content (AvgIpc) is 2.98. The summed E-state index contributed by atoms with van der Waals surface area (Å²) in [5.74, 6) is -2.76. The van der Waals surface area contributed by atoms with Gasteiger partial charge in [0.1, 0.15) is 17.7 Å². The van der Waals surface area contributed by atoms with Gasteiger partial charge in [-0.05, 0) is 90.6 Å². The van der Waals surface area contributed by atoms with E-state index in [1.54, 1.807) is 54.5 Å². The number of allylic oxidation sites excluding steroid dienone is 1. The molecule has 0 aromatic heterocycles. The Kier molecular flexibility index (Phi) is 17.9. The summed E-state index contributed by atoms with van der Waals surface area (Å²) in [6.07, 6.45) is 5.70. The molecule has 4 atom stereocenters. The summed E-state index contributed by atoms with van der Waals surface area (Å²) in [7, 11) is -3.46. The first kappa shape index (κ1) is 44.8. The molecule has 1 aliphatic carbocycles. The summed E-state index contributed by atoms with van der Waals surface area (Å²) in [6.45, 7) is 23.5. The van der Waals surface area contributed by atoms with Crippen LogP contribution in [0, 0.1) is 23.7 Å². The first-order valence-corrected chi connectivity index (χ1v) is 19.5. The van der Waals surface area contributed by atoms with E-state index in [1.165, 1.54) is 0 Å². The maximum absolute atomic E-state index is 13.5. The number of amides is 4. The monoisotopic (exact) mass is 724 g/mol. The van der Waals surface area contributed by atoms with Gasteiger partial charge in [-0.15, -0.1) is 6.58 Å². The first-order valence-electron chi connectivity index (χ1n) is 17.9. The fourth-order valence-electron chi connectivity index (χ4n) is 5.75. The van der Waals surface area contributed by atoms with Crippen molar-refractivity contribution in [3.05, 3.63) is 24.8 Å². The second-order valence-corrected chi connectivity index (χ2v) is 18.8. The minimum absolute atomic E-state index is 0.00443. The van der Waals surface area contributed by atoms with E-state index in [1.807, 2.05) is 13.8 Å². The van der Waals surface area contributed by atoms with Crippen LogP contribution in [0.5, 0.6) is 0 Å². The number of hydrogen-bond acceptors (Lipinski definition) is 8. The van der Waals surface area contributed by atoms with Crippen LogP contribution in [0.3, 0.4) is 0 Å². The van der Waals surface area contributed by atoms with Gasteiger partial charge in [0.05, 0.1) is 16.9 Å². The molecule has 0 radical (unpaired) electrons. The third-order valence-electron chi connectivity index (χ3n) is 9.05. The molecular formula is C37H64N4O8S. The molecule has 13 heteroatoms. The molecule has 12 nitrogen and oxygen atoms in total. The number of sulfone groups is 1. The number of ketones is 1. The molecule has 0 aromatic rings. The molecule has 1 aliphatic rings. The lowest BCUT2D eigenvalue weighted by atomic mass is 9.83. The van der Waals surface area contributed by atoms with Gasteiger partial charge in [-0.1, -0.05) is 52.7 Å². The topological polar surface area (TPSA) is 177 Å². The number of carbonyl (C=O) groups excluding carboxylic acids is 5. The van der Waals surface area contributed by atoms with E-state index in [0.29, 0.717) is 12.0 Å². The van der Waals surface area contributed by atoms with Gasteiger partial charge < -0.3 is 26.0 Å². The minimum atomic E-state index is -3.46. The second kappa shape index (κ2) is 20.0. The van der Waals surface area contributed by atoms with Gasteiger partial charge in [0, 0.05) is 19.0 Å². The summed E-state index contributed by atoms with van der Waals surface area (Å²) < 4.78 is 29.2. The molecule has 1 unspecified atom stereocenters. The second-order valence-electron chi connectivity index (χ2n) is 15.9. The number of Topliss-reactive ketones (excluding diaryl/α,β-unsaturated/α-hetero) is 1. The summed E-state index contributed by atoms with van der Waals surface area (Å²) in [4.78, 5) is 65.4. The van der Waals surface area contributed by atoms with E-state index in [9.17, 15) is 32.4 Å². The number of ether oxygens (including phenoxy) is 1. The third kappa shape index (κ3) is 15.8. The zero-order valence-electron chi connectivity index (χ0n) is 31.9. The molecule has 0 bridgehead atoms. The van der Waals surface area contributed by atoms with E-state index in [2.05, 4.69) is 34.4 Å². The average molecular weight is 725 g/mol. The number of carbonyl (C=O) groups is 5. The molecule has 50 heavy (non-hydrogen) atoms. The Morgan fingerprint density at radius 3 is 2.02 bits per heavy atom. The first-order chi connectivity index (χ1) is 23.0. The van der Waals surface area contributed by atoms with Crippen LogP contribution in [0.15, 0.2) is 24.8 Å². The van der Waals surface area contributed by atoms with Crippen molar-refractivity contribution in [2.75, 3.05) is 18.8 Å². The van der Waals surface area contributed by atoms with Crippen molar-refractivity contribution < 1.29 is 37.1 Å². The van der Waals surface area contributed by atoms with Gasteiger partial charge in [0.2, 0.25) is 17.7 Å². The molecule has 1 fully saturated rings. The molecule has 4 N–H and O–H groups in total. The van der Waals surface area contributed by atoms with E-state index in [4.69, 9.17) is 4.74 Å². The summed E-state index contributed by atoms with van der Waals surface area (Å²) in [5.41, 5.74) is -0.338. The van der Waals surface area contributed by atoms with E-state index >= 15 is 0 Å². The minimum Gasteiger partial charge on any atom is -0.444 e. The van der Waals surface area contributed by atoms with Crippen molar-refractivity contribution in [2.45, 2.75) is 136 Å². The van der Waals surface area contributed by atoms with Crippen LogP contribution in [0.1, 0.15) is 114 Å². The van der Waals surface area contributed by atoms with Gasteiger partial charge >= 0.3 is 6.09 Å². The molecule has 0 saturated heterocycles. The van der Waals surface area contributed by atoms with Crippen molar-refractivity contribution in [1.29, 1.82) is 0 Å². The van der Waals surface area contributed by atoms with Gasteiger partial charge in [0.15, 0.2) is 15.6 Å². The molecule has 1 rings (SSSR count). The number of alkyl carbamates (subject to hydrolysis) is 1. The molecular weight excluding hydrogens is 660 g/mol. The smallest absolute Gasteiger partial charge is 0.408 e. The fourth-order valence-corrected chi connectivity index (χ4v) is 6.73. The van der Waals surface area contributed by atoms with Crippen molar-refractivity contribution in [2.24, 2.45) is 23.7 Å². The Labute approximate surface area is 300 Å². The highest BCUT2D eigenvalue weighted by molar-refractivity contribution is 7.92. The van der Waals surface area contributed by atoms with Gasteiger partial charge in [-0.3, -0.25) is 19.2 Å². The molecule has 0 aromatic carbocycles. The van der Waals surface area contributed by atoms with E-state index in [0.717, 1.165) is 32.1 Å². The lowest BCUT2D eigenvalue weighted by Crippen LogP contribution is -2.53. The van der Waals surface area contributed by atoms with E-state index in [-0.39, 0.29) is 48.9 Å². The zero-order valence-corrected chi connectivity index (χ0v) is 32.7. The van der Waals surface area contributed by atoms with Gasteiger partial charge in [0.25, 0.3) is 0 Å². The number of nitrogens with one attached hydrogen (secondary N) is 4. The maximum atomic E-state index is 13.5. The normalized spacial score (nSPS) is 16.7. The predicted octanol–water partition coefficient (Wildman–Crippen LogP) is 4.78. The summed E-state index contributed by atoms with van der Waals surface area (Å²) in [6, 6.07) is -1.87. The third-order valence-corrected chi connectivity index (χ3v) is 11.7. The highest BCUT2D eigenvalue weighted by Crippen LogP contribution is 2.27. The highest BCUT2D eigenvalue weighted by atomic mass is 32.2. The predicted molar refractivity (Wildman–Crippen MR) is 197 cm³/mol. The molecule has 286 valence electrons. The fraction of sp³-hybridized carbons (Fsp3) is 0.757. The largest absolute Gasteiger partial charge is 0.444 e. The Morgan fingerprint density at radius 2 is 1.50 bits per heavy atom. The number of rotatable bonds is 19. The van der Waals surface area contributed by atoms with Crippen molar-refractivity contribution in [3.63, 3.8) is 0 Å². The summed E-state index contributed by atoms with van der Waals surface area (Å²) >= 11 is 0. The lowest BCUT2D eigenvalue weighted by molar-refractivity contribution is -0.132. The van der Waals surface area contributed by atoms with Crippen molar-refractivity contribution in [3.8, 4) is 0 Å². The van der Waals surface area contributed by atoms with Crippen LogP contribution < -0.4 is 21.3 Å². The van der Waals surface area contributed by atoms with Crippen LogP contribution in [0.4, 0.5) is 4.79 Å². The quantitative estimate of drug-likeness (QED) is 0.109. The SMILES string of the molecule is C=CCC(=C)C(NC(=O)[C@@H](C)C[C@H](CNC(=O)[C@@H](NC(=O)OC(C)(C)C)C1CCCCC1)C(C)C)C(=O)CC(=O)NCCS(=O)(=O)C(C)(C)C. The maximum Gasteiger partial charge on any atom is 0.408 e.